The summed E-state index contributed by atoms with van der Waals surface area (Å²) in [4.78, 5) is 162. The lowest BCUT2D eigenvalue weighted by Crippen LogP contribution is -2.62. The molecule has 3 rings (SSSR count). The van der Waals surface area contributed by atoms with Crippen LogP contribution in [0.15, 0.2) is 24.3 Å². The Labute approximate surface area is 424 Å². The highest BCUT2D eigenvalue weighted by Gasteiger charge is 2.41. The highest BCUT2D eigenvalue weighted by molar-refractivity contribution is 8.76. The topological polar surface area (TPSA) is 403 Å². The Balaban J connectivity index is 2.12. The van der Waals surface area contributed by atoms with E-state index in [1.807, 2.05) is 0 Å². The molecule has 4 unspecified atom stereocenters. The van der Waals surface area contributed by atoms with Gasteiger partial charge in [-0.15, -0.1) is 0 Å². The molecule has 2 saturated heterocycles. The Morgan fingerprint density at radius 2 is 1.39 bits per heavy atom. The van der Waals surface area contributed by atoms with E-state index in [4.69, 9.17) is 17.2 Å². The van der Waals surface area contributed by atoms with Gasteiger partial charge in [0.25, 0.3) is 0 Å². The normalized spacial score (nSPS) is 23.7. The van der Waals surface area contributed by atoms with Crippen LogP contribution in [-0.2, 0) is 64.0 Å². The molecule has 2 heterocycles. The molecule has 2 fully saturated rings. The first kappa shape index (κ1) is 59.7. The van der Waals surface area contributed by atoms with Gasteiger partial charge in [0.05, 0.1) is 13.0 Å². The minimum absolute atomic E-state index is 0.0216. The van der Waals surface area contributed by atoms with Gasteiger partial charge in [-0.25, -0.2) is 0 Å². The Morgan fingerprint density at radius 1 is 0.778 bits per heavy atom. The Hall–Kier alpha value is -6.64. The number of phenolic OH excluding ortho intramolecular Hbond substituents is 1. The number of carbonyl (C=O) groups excluding carboxylic acids is 12. The smallest absolute Gasteiger partial charge is 0.246 e. The van der Waals surface area contributed by atoms with Gasteiger partial charge in [0.2, 0.25) is 70.9 Å². The molecule has 0 radical (unpaired) electrons. The number of hydrogen-bond acceptors (Lipinski definition) is 15. The summed E-state index contributed by atoms with van der Waals surface area (Å²) in [6, 6.07) is -5.48. The summed E-state index contributed by atoms with van der Waals surface area (Å²) in [6.45, 7) is 7.68. The van der Waals surface area contributed by atoms with E-state index >= 15 is 0 Å². The molecule has 0 aliphatic carbocycles. The number of phenols is 1. The highest BCUT2D eigenvalue weighted by atomic mass is 33.1. The molecule has 0 aromatic heterocycles. The molecule has 9 atom stereocenters. The molecule has 27 heteroatoms. The predicted molar refractivity (Wildman–Crippen MR) is 264 cm³/mol. The van der Waals surface area contributed by atoms with Crippen LogP contribution < -0.4 is 59.7 Å². The van der Waals surface area contributed by atoms with Crippen molar-refractivity contribution in [3.8, 4) is 5.75 Å². The van der Waals surface area contributed by atoms with Crippen molar-refractivity contribution in [1.82, 2.24) is 47.4 Å². The average molecular weight is 1050 g/mol. The lowest BCUT2D eigenvalue weighted by molar-refractivity contribution is -0.142. The minimum atomic E-state index is -1.78. The third-order valence-corrected chi connectivity index (χ3v) is 14.1. The molecule has 1 aromatic rings. The van der Waals surface area contributed by atoms with Crippen molar-refractivity contribution in [3.63, 3.8) is 0 Å². The maximum absolute atomic E-state index is 14.6. The summed E-state index contributed by atoms with van der Waals surface area (Å²) >= 11 is 0. The first-order valence-electron chi connectivity index (χ1n) is 23.4. The number of nitrogens with one attached hydrogen (secondary N) is 8. The number of benzene rings is 1. The van der Waals surface area contributed by atoms with Crippen molar-refractivity contribution in [2.75, 3.05) is 24.6 Å². The van der Waals surface area contributed by atoms with E-state index in [0.29, 0.717) is 18.4 Å². The molecule has 398 valence electrons. The number of rotatable bonds is 18. The van der Waals surface area contributed by atoms with E-state index in [-0.39, 0.29) is 49.0 Å². The molecule has 25 nitrogen and oxygen atoms in total. The molecule has 2 aliphatic rings. The SMILES string of the molecule is CC[C@H](C)[C@@H]1NC(=O)C(Cc2ccc(O)cc2)NC(=O)C(NC(C)=O)CSSCC(C(=O)N2CCC[C@H]2C(=O)N[C@@H](CC(C)C)C(=O)NCC(N)=O)NC(=O)[C@H](CC(N)=O)NC(=O)C(CCC(N)=O)NC1=O. The number of likely N-dealkylation sites (tertiary alicyclic amines) is 1. The largest absolute Gasteiger partial charge is 0.508 e. The molecule has 0 saturated carbocycles. The van der Waals surface area contributed by atoms with Crippen molar-refractivity contribution < 1.29 is 62.6 Å². The maximum Gasteiger partial charge on any atom is 0.246 e. The Kier molecular flexibility index (Phi) is 24.0. The van der Waals surface area contributed by atoms with Crippen molar-refractivity contribution in [1.29, 1.82) is 0 Å². The van der Waals surface area contributed by atoms with Gasteiger partial charge in [0.15, 0.2) is 0 Å². The predicted octanol–water partition coefficient (Wildman–Crippen LogP) is -3.43. The molecular formula is C45H68N12O13S2. The zero-order valence-electron chi connectivity index (χ0n) is 40.9. The second-order valence-corrected chi connectivity index (χ2v) is 20.6. The van der Waals surface area contributed by atoms with E-state index in [1.165, 1.54) is 36.1 Å². The third-order valence-electron chi connectivity index (χ3n) is 11.6. The number of primary amides is 3. The summed E-state index contributed by atoms with van der Waals surface area (Å²) in [5.74, 6) is -11.5. The molecule has 72 heavy (non-hydrogen) atoms. The van der Waals surface area contributed by atoms with Crippen LogP contribution in [0, 0.1) is 11.8 Å². The molecule has 15 N–H and O–H groups in total. The molecule has 0 spiro atoms. The second kappa shape index (κ2) is 29.0. The van der Waals surface area contributed by atoms with Gasteiger partial charge in [-0.05, 0) is 55.2 Å². The van der Waals surface area contributed by atoms with Gasteiger partial charge in [-0.1, -0.05) is 67.8 Å². The zero-order valence-corrected chi connectivity index (χ0v) is 42.5. The monoisotopic (exact) mass is 1050 g/mol. The fraction of sp³-hybridized carbons (Fsp3) is 0.600. The third kappa shape index (κ3) is 19.5. The van der Waals surface area contributed by atoms with E-state index in [9.17, 15) is 62.6 Å². The van der Waals surface area contributed by atoms with E-state index in [1.54, 1.807) is 27.7 Å². The van der Waals surface area contributed by atoms with Crippen LogP contribution in [0.4, 0.5) is 0 Å². The van der Waals surface area contributed by atoms with E-state index < -0.39 is 151 Å². The van der Waals surface area contributed by atoms with Crippen molar-refractivity contribution in [2.24, 2.45) is 29.0 Å². The number of nitrogens with zero attached hydrogens (tertiary/aromatic N) is 1. The maximum atomic E-state index is 14.6. The second-order valence-electron chi connectivity index (χ2n) is 18.0. The van der Waals surface area contributed by atoms with E-state index in [2.05, 4.69) is 42.5 Å². The molecular weight excluding hydrogens is 981 g/mol. The van der Waals surface area contributed by atoms with Gasteiger partial charge >= 0.3 is 0 Å². The quantitative estimate of drug-likeness (QED) is 0.0637. The van der Waals surface area contributed by atoms with Crippen LogP contribution in [0.3, 0.4) is 0 Å². The average Bonchev–Trinajstić information content (AvgIpc) is 3.81. The fourth-order valence-electron chi connectivity index (χ4n) is 7.68. The summed E-state index contributed by atoms with van der Waals surface area (Å²) in [5.41, 5.74) is 16.6. The van der Waals surface area contributed by atoms with Gasteiger partial charge < -0.3 is 69.7 Å². The van der Waals surface area contributed by atoms with Crippen LogP contribution in [0.1, 0.15) is 85.1 Å². The van der Waals surface area contributed by atoms with Crippen molar-refractivity contribution >= 4 is 92.5 Å². The van der Waals surface area contributed by atoms with Gasteiger partial charge in [-0.2, -0.15) is 0 Å². The van der Waals surface area contributed by atoms with Crippen molar-refractivity contribution in [3.05, 3.63) is 29.8 Å². The summed E-state index contributed by atoms with van der Waals surface area (Å²) < 4.78 is 0. The molecule has 12 amide bonds. The van der Waals surface area contributed by atoms with Crippen LogP contribution in [0.5, 0.6) is 5.75 Å². The standard InChI is InChI=1S/C45H68N12O13S2/c1-6-23(4)37-44(69)51-27(13-14-34(46)60)39(64)53-30(18-35(47)61)40(65)55-32(45(70)57-15-7-8-33(57)43(68)54-28(16-22(2)3)38(63)49-19-36(48)62)21-72-71-20-31(50-24(5)58)42(67)52-29(41(66)56-37)17-25-9-11-26(59)12-10-25/h9-12,22-23,27-33,37,59H,6-8,13-21H2,1-5H3,(H2,46,60)(H2,47,61)(H2,48,62)(H,49,63)(H,50,58)(H,51,69)(H,52,67)(H,53,64)(H,54,68)(H,55,65)(H,56,66)/t23-,27?,28-,29?,30-,31?,32?,33-,37-/m0/s1. The van der Waals surface area contributed by atoms with Crippen LogP contribution in [-0.4, -0.2) is 154 Å². The Morgan fingerprint density at radius 3 is 1.99 bits per heavy atom. The van der Waals surface area contributed by atoms with Gasteiger partial charge in [0, 0.05) is 37.8 Å². The first-order chi connectivity index (χ1) is 33.9. The number of hydrogen-bond donors (Lipinski definition) is 12. The van der Waals surface area contributed by atoms with Crippen LogP contribution in [0.2, 0.25) is 0 Å². The first-order valence-corrected chi connectivity index (χ1v) is 25.9. The lowest BCUT2D eigenvalue weighted by Gasteiger charge is -2.31. The lowest BCUT2D eigenvalue weighted by atomic mass is 9.96. The molecule has 2 aliphatic heterocycles. The molecule has 0 bridgehead atoms. The van der Waals surface area contributed by atoms with Crippen LogP contribution in [0.25, 0.3) is 0 Å². The number of nitrogens with two attached hydrogens (primary N) is 3. The van der Waals surface area contributed by atoms with Crippen molar-refractivity contribution in [2.45, 2.75) is 134 Å². The zero-order chi connectivity index (χ0) is 53.8. The van der Waals surface area contributed by atoms with Crippen LogP contribution >= 0.6 is 21.6 Å². The Bertz CT molecular complexity index is 2170. The highest BCUT2D eigenvalue weighted by Crippen LogP contribution is 2.26. The van der Waals surface area contributed by atoms with Gasteiger partial charge in [0.1, 0.15) is 54.1 Å². The number of amides is 12. The van der Waals surface area contributed by atoms with E-state index in [0.717, 1.165) is 21.6 Å². The number of aromatic hydroxyl groups is 1. The fourth-order valence-corrected chi connectivity index (χ4v) is 10.0. The summed E-state index contributed by atoms with van der Waals surface area (Å²) in [5, 5.41) is 30.3. The van der Waals surface area contributed by atoms with Gasteiger partial charge in [-0.3, -0.25) is 57.5 Å². The minimum Gasteiger partial charge on any atom is -0.508 e. The number of carbonyl (C=O) groups is 12. The summed E-state index contributed by atoms with van der Waals surface area (Å²) in [6.07, 6.45) is -0.906. The summed E-state index contributed by atoms with van der Waals surface area (Å²) in [7, 11) is 1.95. The molecule has 1 aromatic carbocycles.